The van der Waals surface area contributed by atoms with Crippen LogP contribution in [0.4, 0.5) is 11.6 Å². The zero-order chi connectivity index (χ0) is 25.9. The van der Waals surface area contributed by atoms with E-state index < -0.39 is 0 Å². The molecule has 1 N–H and O–H groups in total. The van der Waals surface area contributed by atoms with Gasteiger partial charge in [0.2, 0.25) is 5.95 Å². The van der Waals surface area contributed by atoms with Gasteiger partial charge in [-0.15, -0.1) is 0 Å². The largest absolute Gasteiger partial charge is 0.488 e. The minimum Gasteiger partial charge on any atom is -0.488 e. The minimum atomic E-state index is 0.159. The monoisotopic (exact) mass is 517 g/mol. The van der Waals surface area contributed by atoms with Crippen LogP contribution in [0.15, 0.2) is 30.7 Å². The number of morpholine rings is 1. The lowest BCUT2D eigenvalue weighted by Gasteiger charge is -2.31. The van der Waals surface area contributed by atoms with E-state index >= 15 is 0 Å². The van der Waals surface area contributed by atoms with Crippen LogP contribution < -0.4 is 15.0 Å². The molecule has 1 saturated carbocycles. The van der Waals surface area contributed by atoms with Gasteiger partial charge in [-0.05, 0) is 83.1 Å². The summed E-state index contributed by atoms with van der Waals surface area (Å²) >= 11 is 0. The molecule has 0 spiro atoms. The standard InChI is InChI=1S/C29H39N7O2/c1-20-17-30-28-26(33-20)15-24(36-11-13-37-14-12-36)16-27(28)38-25-5-3-23(4-6-25)34-29-31-18-22(19-32-29)21-7-9-35(2)10-8-21/h15-19,21,23,25H,3-14H2,1-2H3,(H,31,32,34)/t23-,25+. The number of benzene rings is 1. The first-order chi connectivity index (χ1) is 18.6. The molecule has 2 saturated heterocycles. The first-order valence-electron chi connectivity index (χ1n) is 14.1. The van der Waals surface area contributed by atoms with Crippen molar-refractivity contribution in [3.05, 3.63) is 42.0 Å². The quantitative estimate of drug-likeness (QED) is 0.517. The lowest BCUT2D eigenvalue weighted by molar-refractivity contribution is 0.122. The molecule has 3 fully saturated rings. The van der Waals surface area contributed by atoms with Crippen molar-refractivity contribution in [1.82, 2.24) is 24.8 Å². The second-order valence-corrected chi connectivity index (χ2v) is 11.1. The Bertz CT molecular complexity index is 1220. The van der Waals surface area contributed by atoms with Gasteiger partial charge < -0.3 is 24.6 Å². The van der Waals surface area contributed by atoms with Crippen LogP contribution >= 0.6 is 0 Å². The minimum absolute atomic E-state index is 0.159. The predicted octanol–water partition coefficient (Wildman–Crippen LogP) is 4.18. The number of hydrogen-bond donors (Lipinski definition) is 1. The Labute approximate surface area is 225 Å². The number of ether oxygens (including phenoxy) is 2. The lowest BCUT2D eigenvalue weighted by atomic mass is 9.91. The molecule has 0 bridgehead atoms. The highest BCUT2D eigenvalue weighted by molar-refractivity contribution is 5.85. The van der Waals surface area contributed by atoms with Crippen LogP contribution in [0.3, 0.4) is 0 Å². The molecular formula is C29H39N7O2. The van der Waals surface area contributed by atoms with E-state index in [9.17, 15) is 0 Å². The fraction of sp³-hybridized carbons (Fsp3) is 0.586. The smallest absolute Gasteiger partial charge is 0.222 e. The molecule has 202 valence electrons. The molecule has 9 nitrogen and oxygen atoms in total. The topological polar surface area (TPSA) is 88.5 Å². The third-order valence-electron chi connectivity index (χ3n) is 8.26. The maximum atomic E-state index is 6.61. The molecule has 2 aliphatic heterocycles. The first-order valence-corrected chi connectivity index (χ1v) is 14.1. The number of nitrogens with one attached hydrogen (secondary N) is 1. The maximum Gasteiger partial charge on any atom is 0.222 e. The molecule has 0 amide bonds. The van der Waals surface area contributed by atoms with Crippen molar-refractivity contribution in [3.63, 3.8) is 0 Å². The number of hydrogen-bond acceptors (Lipinski definition) is 9. The van der Waals surface area contributed by atoms with Crippen LogP contribution in [0.25, 0.3) is 11.0 Å². The highest BCUT2D eigenvalue weighted by atomic mass is 16.5. The SMILES string of the molecule is Cc1cnc2c(O[C@H]3CC[C@@H](Nc4ncc(C5CCN(C)CC5)cn4)CC3)cc(N3CCOCC3)cc2n1. The Morgan fingerprint density at radius 2 is 1.63 bits per heavy atom. The van der Waals surface area contributed by atoms with Gasteiger partial charge in [0, 0.05) is 49.5 Å². The van der Waals surface area contributed by atoms with Crippen LogP contribution in [0, 0.1) is 6.92 Å². The molecule has 1 aliphatic carbocycles. The van der Waals surface area contributed by atoms with E-state index in [0.29, 0.717) is 12.0 Å². The number of nitrogens with zero attached hydrogens (tertiary/aromatic N) is 6. The highest BCUT2D eigenvalue weighted by Crippen LogP contribution is 2.34. The van der Waals surface area contributed by atoms with Gasteiger partial charge in [-0.3, -0.25) is 0 Å². The Hall–Kier alpha value is -3.04. The zero-order valence-electron chi connectivity index (χ0n) is 22.6. The molecule has 3 aromatic rings. The van der Waals surface area contributed by atoms with E-state index in [2.05, 4.69) is 49.2 Å². The third kappa shape index (κ3) is 5.83. The molecule has 0 unspecified atom stereocenters. The second kappa shape index (κ2) is 11.4. The lowest BCUT2D eigenvalue weighted by Crippen LogP contribution is -2.36. The fourth-order valence-corrected chi connectivity index (χ4v) is 5.92. The summed E-state index contributed by atoms with van der Waals surface area (Å²) in [6.45, 7) is 7.52. The number of likely N-dealkylation sites (tertiary alicyclic amines) is 1. The normalized spacial score (nSPS) is 23.5. The van der Waals surface area contributed by atoms with E-state index in [0.717, 1.165) is 99.2 Å². The molecule has 3 aliphatic rings. The molecule has 38 heavy (non-hydrogen) atoms. The van der Waals surface area contributed by atoms with Crippen LogP contribution in [0.5, 0.6) is 5.75 Å². The third-order valence-corrected chi connectivity index (χ3v) is 8.26. The Morgan fingerprint density at radius 3 is 2.37 bits per heavy atom. The average Bonchev–Trinajstić information content (AvgIpc) is 2.95. The van der Waals surface area contributed by atoms with Gasteiger partial charge in [0.05, 0.1) is 30.5 Å². The molecular weight excluding hydrogens is 478 g/mol. The first kappa shape index (κ1) is 25.2. The van der Waals surface area contributed by atoms with Crippen molar-refractivity contribution in [2.75, 3.05) is 56.7 Å². The molecule has 6 rings (SSSR count). The number of piperidine rings is 1. The van der Waals surface area contributed by atoms with Gasteiger partial charge >= 0.3 is 0 Å². The number of aromatic nitrogens is 4. The number of rotatable bonds is 6. The van der Waals surface area contributed by atoms with Gasteiger partial charge in [-0.25, -0.2) is 19.9 Å². The number of aryl methyl sites for hydroxylation is 1. The summed E-state index contributed by atoms with van der Waals surface area (Å²) in [7, 11) is 2.19. The van der Waals surface area contributed by atoms with Crippen molar-refractivity contribution in [2.24, 2.45) is 0 Å². The van der Waals surface area contributed by atoms with E-state index in [1.165, 1.54) is 18.4 Å². The molecule has 0 atom stereocenters. The van der Waals surface area contributed by atoms with E-state index in [-0.39, 0.29) is 6.10 Å². The van der Waals surface area contributed by atoms with Crippen molar-refractivity contribution in [1.29, 1.82) is 0 Å². The van der Waals surface area contributed by atoms with Gasteiger partial charge in [-0.2, -0.15) is 0 Å². The zero-order valence-corrected chi connectivity index (χ0v) is 22.6. The molecule has 1 aromatic carbocycles. The Kier molecular flexibility index (Phi) is 7.56. The van der Waals surface area contributed by atoms with E-state index in [1.807, 2.05) is 25.5 Å². The van der Waals surface area contributed by atoms with Gasteiger partial charge in [0.15, 0.2) is 0 Å². The summed E-state index contributed by atoms with van der Waals surface area (Å²) < 4.78 is 12.2. The van der Waals surface area contributed by atoms with E-state index in [4.69, 9.17) is 14.5 Å². The van der Waals surface area contributed by atoms with E-state index in [1.54, 1.807) is 0 Å². The molecule has 4 heterocycles. The Morgan fingerprint density at radius 1 is 0.895 bits per heavy atom. The van der Waals surface area contributed by atoms with Crippen molar-refractivity contribution < 1.29 is 9.47 Å². The average molecular weight is 518 g/mol. The van der Waals surface area contributed by atoms with Gasteiger partial charge in [-0.1, -0.05) is 0 Å². The molecule has 2 aromatic heterocycles. The van der Waals surface area contributed by atoms with Crippen molar-refractivity contribution >= 4 is 22.7 Å². The predicted molar refractivity (Wildman–Crippen MR) is 149 cm³/mol. The summed E-state index contributed by atoms with van der Waals surface area (Å²) in [4.78, 5) is 23.5. The highest BCUT2D eigenvalue weighted by Gasteiger charge is 2.25. The summed E-state index contributed by atoms with van der Waals surface area (Å²) in [6.07, 6.45) is 12.4. The molecule has 9 heteroatoms. The summed E-state index contributed by atoms with van der Waals surface area (Å²) in [5, 5.41) is 3.56. The van der Waals surface area contributed by atoms with Gasteiger partial charge in [0.25, 0.3) is 0 Å². The molecule has 0 radical (unpaired) electrons. The maximum absolute atomic E-state index is 6.61. The second-order valence-electron chi connectivity index (χ2n) is 11.1. The number of fused-ring (bicyclic) bond motifs is 1. The van der Waals surface area contributed by atoms with Crippen LogP contribution in [0.2, 0.25) is 0 Å². The number of anilines is 2. The summed E-state index contributed by atoms with van der Waals surface area (Å²) in [5.74, 6) is 2.15. The summed E-state index contributed by atoms with van der Waals surface area (Å²) in [6, 6.07) is 4.64. The van der Waals surface area contributed by atoms with Gasteiger partial charge in [0.1, 0.15) is 11.3 Å². The Balaban J connectivity index is 1.07. The fourth-order valence-electron chi connectivity index (χ4n) is 5.92. The van der Waals surface area contributed by atoms with Crippen LogP contribution in [0.1, 0.15) is 55.7 Å². The van der Waals surface area contributed by atoms with Crippen LogP contribution in [-0.2, 0) is 4.74 Å². The van der Waals surface area contributed by atoms with Crippen LogP contribution in [-0.4, -0.2) is 83.4 Å². The summed E-state index contributed by atoms with van der Waals surface area (Å²) in [5.41, 5.74) is 5.04. The van der Waals surface area contributed by atoms with Crippen molar-refractivity contribution in [2.45, 2.75) is 63.5 Å². The van der Waals surface area contributed by atoms with Crippen molar-refractivity contribution in [3.8, 4) is 5.75 Å².